The lowest BCUT2D eigenvalue weighted by atomic mass is 9.79. The maximum Gasteiger partial charge on any atom is 0.410 e. The van der Waals surface area contributed by atoms with Crippen LogP contribution in [0.5, 0.6) is 0 Å². The Kier molecular flexibility index (Phi) is 6.39. The second-order valence-electron chi connectivity index (χ2n) is 9.51. The molecule has 2 aliphatic rings. The number of piperidine rings is 2. The van der Waals surface area contributed by atoms with E-state index < -0.39 is 5.60 Å². The highest BCUT2D eigenvalue weighted by atomic mass is 16.6. The predicted octanol–water partition coefficient (Wildman–Crippen LogP) is 4.08. The Labute approximate surface area is 174 Å². The molecule has 0 atom stereocenters. The lowest BCUT2D eigenvalue weighted by Crippen LogP contribution is -2.45. The van der Waals surface area contributed by atoms with Crippen LogP contribution in [-0.4, -0.2) is 53.6 Å². The van der Waals surface area contributed by atoms with Crippen molar-refractivity contribution in [1.82, 2.24) is 9.80 Å². The van der Waals surface area contributed by atoms with Gasteiger partial charge in [0.15, 0.2) is 0 Å². The third kappa shape index (κ3) is 5.43. The highest BCUT2D eigenvalue weighted by Crippen LogP contribution is 2.33. The van der Waals surface area contributed by atoms with Gasteiger partial charge in [0.1, 0.15) is 5.60 Å². The molecule has 6 heteroatoms. The Morgan fingerprint density at radius 2 is 1.48 bits per heavy atom. The molecule has 160 valence electrons. The Balaban J connectivity index is 1.47. The fraction of sp³-hybridized carbons (Fsp3) is 0.652. The van der Waals surface area contributed by atoms with Gasteiger partial charge in [0.05, 0.1) is 0 Å². The number of likely N-dealkylation sites (tertiary alicyclic amines) is 2. The summed E-state index contributed by atoms with van der Waals surface area (Å²) in [5, 5.41) is 0. The highest BCUT2D eigenvalue weighted by Gasteiger charge is 2.33. The van der Waals surface area contributed by atoms with E-state index in [4.69, 9.17) is 10.5 Å². The van der Waals surface area contributed by atoms with E-state index >= 15 is 0 Å². The van der Waals surface area contributed by atoms with Crippen LogP contribution in [0, 0.1) is 18.8 Å². The standard InChI is InChI=1S/C23H35N3O3/c1-16-15-19(5-6-20(16)24)21(27)25-11-7-17(8-12-25)18-9-13-26(14-10-18)22(28)29-23(2,3)4/h5-6,15,17-18H,7-14,24H2,1-4H3. The SMILES string of the molecule is Cc1cc(C(=O)N2CCC(C3CCN(C(=O)OC(C)(C)C)CC3)CC2)ccc1N. The Morgan fingerprint density at radius 3 is 1.97 bits per heavy atom. The van der Waals surface area contributed by atoms with E-state index in [0.717, 1.165) is 68.7 Å². The van der Waals surface area contributed by atoms with Crippen LogP contribution in [0.15, 0.2) is 18.2 Å². The van der Waals surface area contributed by atoms with Crippen molar-refractivity contribution in [3.63, 3.8) is 0 Å². The summed E-state index contributed by atoms with van der Waals surface area (Å²) in [5.41, 5.74) is 7.81. The topological polar surface area (TPSA) is 75.9 Å². The van der Waals surface area contributed by atoms with Gasteiger partial charge in [-0.15, -0.1) is 0 Å². The first-order chi connectivity index (χ1) is 13.6. The summed E-state index contributed by atoms with van der Waals surface area (Å²) >= 11 is 0. The molecule has 3 rings (SSSR count). The fourth-order valence-electron chi connectivity index (χ4n) is 4.45. The number of nitrogens with zero attached hydrogens (tertiary/aromatic N) is 2. The van der Waals surface area contributed by atoms with Gasteiger partial charge in [0.25, 0.3) is 5.91 Å². The van der Waals surface area contributed by atoms with Gasteiger partial charge in [0.2, 0.25) is 0 Å². The zero-order valence-electron chi connectivity index (χ0n) is 18.2. The molecule has 2 aliphatic heterocycles. The quantitative estimate of drug-likeness (QED) is 0.758. The van der Waals surface area contributed by atoms with Crippen molar-refractivity contribution in [3.05, 3.63) is 29.3 Å². The minimum atomic E-state index is -0.448. The average molecular weight is 402 g/mol. The molecule has 0 aromatic heterocycles. The molecule has 0 radical (unpaired) electrons. The van der Waals surface area contributed by atoms with Crippen molar-refractivity contribution in [1.29, 1.82) is 0 Å². The molecular formula is C23H35N3O3. The Morgan fingerprint density at radius 1 is 0.966 bits per heavy atom. The van der Waals surface area contributed by atoms with Crippen molar-refractivity contribution in [2.24, 2.45) is 11.8 Å². The number of nitrogens with two attached hydrogens (primary N) is 1. The number of nitrogen functional groups attached to an aromatic ring is 1. The molecule has 0 spiro atoms. The zero-order chi connectivity index (χ0) is 21.2. The summed E-state index contributed by atoms with van der Waals surface area (Å²) < 4.78 is 5.49. The molecule has 0 aliphatic carbocycles. The zero-order valence-corrected chi connectivity index (χ0v) is 18.2. The van der Waals surface area contributed by atoms with E-state index in [9.17, 15) is 9.59 Å². The third-order valence-corrected chi connectivity index (χ3v) is 6.20. The largest absolute Gasteiger partial charge is 0.444 e. The number of hydrogen-bond acceptors (Lipinski definition) is 4. The minimum Gasteiger partial charge on any atom is -0.444 e. The monoisotopic (exact) mass is 401 g/mol. The van der Waals surface area contributed by atoms with E-state index in [1.54, 1.807) is 0 Å². The molecule has 1 aromatic rings. The lowest BCUT2D eigenvalue weighted by molar-refractivity contribution is 0.0133. The van der Waals surface area contributed by atoms with Gasteiger partial charge >= 0.3 is 6.09 Å². The maximum atomic E-state index is 12.8. The minimum absolute atomic E-state index is 0.103. The lowest BCUT2D eigenvalue weighted by Gasteiger charge is -2.40. The van der Waals surface area contributed by atoms with Gasteiger partial charge in [-0.3, -0.25) is 4.79 Å². The molecule has 2 amide bonds. The van der Waals surface area contributed by atoms with Gasteiger partial charge in [-0.1, -0.05) is 0 Å². The number of hydrogen-bond donors (Lipinski definition) is 1. The number of amides is 2. The van der Waals surface area contributed by atoms with Crippen molar-refractivity contribution < 1.29 is 14.3 Å². The molecule has 2 N–H and O–H groups in total. The van der Waals surface area contributed by atoms with Gasteiger partial charge < -0.3 is 20.3 Å². The van der Waals surface area contributed by atoms with Crippen molar-refractivity contribution in [2.45, 2.75) is 59.0 Å². The van der Waals surface area contributed by atoms with Gasteiger partial charge in [-0.05, 0) is 89.0 Å². The van der Waals surface area contributed by atoms with Crippen LogP contribution >= 0.6 is 0 Å². The first-order valence-corrected chi connectivity index (χ1v) is 10.8. The molecule has 2 heterocycles. The maximum absolute atomic E-state index is 12.8. The second kappa shape index (κ2) is 8.64. The molecule has 2 fully saturated rings. The molecule has 2 saturated heterocycles. The Bertz CT molecular complexity index is 740. The number of benzene rings is 1. The van der Waals surface area contributed by atoms with Crippen LogP contribution in [0.1, 0.15) is 62.4 Å². The molecule has 6 nitrogen and oxygen atoms in total. The van der Waals surface area contributed by atoms with E-state index in [0.29, 0.717) is 11.8 Å². The molecule has 0 saturated carbocycles. The van der Waals surface area contributed by atoms with E-state index in [1.807, 2.05) is 55.7 Å². The summed E-state index contributed by atoms with van der Waals surface area (Å²) in [5.74, 6) is 1.36. The molecule has 1 aromatic carbocycles. The number of carbonyl (C=O) groups is 2. The Hall–Kier alpha value is -2.24. The molecule has 29 heavy (non-hydrogen) atoms. The third-order valence-electron chi connectivity index (χ3n) is 6.20. The van der Waals surface area contributed by atoms with Gasteiger partial charge in [0, 0.05) is 37.4 Å². The summed E-state index contributed by atoms with van der Waals surface area (Å²) in [6, 6.07) is 5.52. The number of rotatable bonds is 2. The second-order valence-corrected chi connectivity index (χ2v) is 9.51. The number of anilines is 1. The van der Waals surface area contributed by atoms with Crippen LogP contribution in [-0.2, 0) is 4.74 Å². The normalized spacial score (nSPS) is 19.3. The van der Waals surface area contributed by atoms with Gasteiger partial charge in [-0.25, -0.2) is 4.79 Å². The molecule has 0 unspecified atom stereocenters. The van der Waals surface area contributed by atoms with Crippen LogP contribution in [0.4, 0.5) is 10.5 Å². The van der Waals surface area contributed by atoms with Crippen LogP contribution in [0.3, 0.4) is 0 Å². The average Bonchev–Trinajstić information content (AvgIpc) is 2.68. The predicted molar refractivity (Wildman–Crippen MR) is 115 cm³/mol. The fourth-order valence-corrected chi connectivity index (χ4v) is 4.45. The summed E-state index contributed by atoms with van der Waals surface area (Å²) in [6.45, 7) is 10.8. The van der Waals surface area contributed by atoms with Crippen molar-refractivity contribution in [2.75, 3.05) is 31.9 Å². The summed E-state index contributed by atoms with van der Waals surface area (Å²) in [4.78, 5) is 28.9. The molecular weight excluding hydrogens is 366 g/mol. The smallest absolute Gasteiger partial charge is 0.410 e. The van der Waals surface area contributed by atoms with E-state index in [-0.39, 0.29) is 12.0 Å². The first kappa shape index (κ1) is 21.5. The van der Waals surface area contributed by atoms with Crippen molar-refractivity contribution in [3.8, 4) is 0 Å². The van der Waals surface area contributed by atoms with Crippen LogP contribution < -0.4 is 5.73 Å². The van der Waals surface area contributed by atoms with E-state index in [1.165, 1.54) is 0 Å². The summed E-state index contributed by atoms with van der Waals surface area (Å²) in [7, 11) is 0. The van der Waals surface area contributed by atoms with E-state index in [2.05, 4.69) is 0 Å². The highest BCUT2D eigenvalue weighted by molar-refractivity contribution is 5.95. The molecule has 0 bridgehead atoms. The summed E-state index contributed by atoms with van der Waals surface area (Å²) in [6.07, 6.45) is 3.92. The van der Waals surface area contributed by atoms with Crippen LogP contribution in [0.2, 0.25) is 0 Å². The number of aryl methyl sites for hydroxylation is 1. The van der Waals surface area contributed by atoms with Gasteiger partial charge in [-0.2, -0.15) is 0 Å². The first-order valence-electron chi connectivity index (χ1n) is 10.8. The number of ether oxygens (including phenoxy) is 1. The van der Waals surface area contributed by atoms with Crippen LogP contribution in [0.25, 0.3) is 0 Å². The van der Waals surface area contributed by atoms with Crippen molar-refractivity contribution >= 4 is 17.7 Å². The number of carbonyl (C=O) groups excluding carboxylic acids is 2.